The molecule has 1 aromatic heterocycles. The van der Waals surface area contributed by atoms with E-state index >= 15 is 0 Å². The fraction of sp³-hybridized carbons (Fsp3) is 0.286. The van der Waals surface area contributed by atoms with Gasteiger partial charge in [-0.2, -0.15) is 0 Å². The minimum atomic E-state index is -0.149. The summed E-state index contributed by atoms with van der Waals surface area (Å²) in [5.74, 6) is -0.149. The first-order valence-electron chi connectivity index (χ1n) is 6.18. The zero-order valence-electron chi connectivity index (χ0n) is 11.1. The van der Waals surface area contributed by atoms with Crippen LogP contribution in [-0.4, -0.2) is 10.9 Å². The van der Waals surface area contributed by atoms with Gasteiger partial charge in [0.2, 0.25) is 0 Å². The fourth-order valence-corrected chi connectivity index (χ4v) is 2.64. The summed E-state index contributed by atoms with van der Waals surface area (Å²) in [6.45, 7) is 4.41. The molecule has 0 bridgehead atoms. The number of hydrogen-bond acceptors (Lipinski definition) is 4. The van der Waals surface area contributed by atoms with Gasteiger partial charge in [-0.15, -0.1) is 11.3 Å². The Balaban J connectivity index is 2.05. The summed E-state index contributed by atoms with van der Waals surface area (Å²) in [6, 6.07) is 5.46. The van der Waals surface area contributed by atoms with Gasteiger partial charge in [0.15, 0.2) is 0 Å². The minimum absolute atomic E-state index is 0.149. The Morgan fingerprint density at radius 3 is 2.89 bits per heavy atom. The lowest BCUT2D eigenvalue weighted by Crippen LogP contribution is -2.24. The van der Waals surface area contributed by atoms with E-state index in [0.717, 1.165) is 17.0 Å². The minimum Gasteiger partial charge on any atom is -0.398 e. The number of carbonyl (C=O) groups is 1. The van der Waals surface area contributed by atoms with Crippen LogP contribution in [0.1, 0.15) is 32.7 Å². The third kappa shape index (κ3) is 3.12. The van der Waals surface area contributed by atoms with Crippen LogP contribution in [0.4, 0.5) is 5.69 Å². The van der Waals surface area contributed by atoms with Gasteiger partial charge in [-0.3, -0.25) is 4.79 Å². The predicted octanol–water partition coefficient (Wildman–Crippen LogP) is 2.53. The number of nitrogens with one attached hydrogen (secondary N) is 1. The van der Waals surface area contributed by atoms with Gasteiger partial charge in [0.1, 0.15) is 5.01 Å². The van der Waals surface area contributed by atoms with Gasteiger partial charge in [0.25, 0.3) is 5.91 Å². The van der Waals surface area contributed by atoms with Gasteiger partial charge >= 0.3 is 0 Å². The van der Waals surface area contributed by atoms with Gasteiger partial charge in [0, 0.05) is 16.8 Å². The Morgan fingerprint density at radius 2 is 2.26 bits per heavy atom. The monoisotopic (exact) mass is 275 g/mol. The smallest absolute Gasteiger partial charge is 0.253 e. The number of rotatable bonds is 4. The molecule has 2 aromatic rings. The van der Waals surface area contributed by atoms with Crippen LogP contribution in [0.25, 0.3) is 0 Å². The molecule has 2 rings (SSSR count). The molecule has 0 spiro atoms. The molecule has 19 heavy (non-hydrogen) atoms. The number of nitrogen functional groups attached to an aromatic ring is 1. The zero-order chi connectivity index (χ0) is 13.8. The first-order valence-corrected chi connectivity index (χ1v) is 7.00. The van der Waals surface area contributed by atoms with Crippen LogP contribution in [0, 0.1) is 6.92 Å². The van der Waals surface area contributed by atoms with Crippen molar-refractivity contribution in [2.75, 3.05) is 5.73 Å². The summed E-state index contributed by atoms with van der Waals surface area (Å²) in [7, 11) is 0. The molecule has 3 N–H and O–H groups in total. The Hall–Kier alpha value is -1.88. The number of nitrogens with zero attached hydrogens (tertiary/aromatic N) is 1. The quantitative estimate of drug-likeness (QED) is 0.842. The first kappa shape index (κ1) is 13.5. The van der Waals surface area contributed by atoms with Crippen molar-refractivity contribution in [2.24, 2.45) is 0 Å². The predicted molar refractivity (Wildman–Crippen MR) is 78.3 cm³/mol. The molecule has 0 fully saturated rings. The van der Waals surface area contributed by atoms with Crippen LogP contribution in [0.3, 0.4) is 0 Å². The lowest BCUT2D eigenvalue weighted by Gasteiger charge is -2.09. The maximum Gasteiger partial charge on any atom is 0.253 e. The second-order valence-corrected chi connectivity index (χ2v) is 5.50. The molecule has 0 atom stereocenters. The number of carbonyl (C=O) groups excluding carboxylic acids is 1. The number of amides is 1. The van der Waals surface area contributed by atoms with Crippen molar-refractivity contribution in [1.29, 1.82) is 0 Å². The maximum atomic E-state index is 12.1. The van der Waals surface area contributed by atoms with E-state index in [1.807, 2.05) is 25.3 Å². The van der Waals surface area contributed by atoms with Crippen LogP contribution in [-0.2, 0) is 13.0 Å². The highest BCUT2D eigenvalue weighted by Crippen LogP contribution is 2.17. The van der Waals surface area contributed by atoms with Crippen molar-refractivity contribution in [1.82, 2.24) is 10.3 Å². The summed E-state index contributed by atoms with van der Waals surface area (Å²) in [4.78, 5) is 17.6. The summed E-state index contributed by atoms with van der Waals surface area (Å²) in [5, 5.41) is 3.78. The molecular weight excluding hydrogens is 258 g/mol. The van der Waals surface area contributed by atoms with Crippen LogP contribution >= 0.6 is 11.3 Å². The summed E-state index contributed by atoms with van der Waals surface area (Å²) >= 11 is 1.62. The molecule has 0 aliphatic rings. The van der Waals surface area contributed by atoms with Gasteiger partial charge < -0.3 is 11.1 Å². The number of aryl methyl sites for hydroxylation is 2. The van der Waals surface area contributed by atoms with E-state index in [4.69, 9.17) is 5.73 Å². The number of thiazole rings is 1. The molecule has 0 saturated carbocycles. The lowest BCUT2D eigenvalue weighted by molar-refractivity contribution is 0.0951. The number of benzene rings is 1. The average Bonchev–Trinajstić information content (AvgIpc) is 2.84. The molecule has 4 nitrogen and oxygen atoms in total. The lowest BCUT2D eigenvalue weighted by atomic mass is 10.1. The standard InChI is InChI=1S/C14H17N3OS/c1-3-10-7-16-12(19-10)8-17-14(18)13-9(2)5-4-6-11(13)15/h4-7H,3,8,15H2,1-2H3,(H,17,18). The van der Waals surface area contributed by atoms with Crippen LogP contribution in [0.2, 0.25) is 0 Å². The van der Waals surface area contributed by atoms with E-state index in [0.29, 0.717) is 17.8 Å². The molecule has 100 valence electrons. The van der Waals surface area contributed by atoms with Crippen molar-refractivity contribution in [3.63, 3.8) is 0 Å². The van der Waals surface area contributed by atoms with E-state index in [9.17, 15) is 4.79 Å². The first-order chi connectivity index (χ1) is 9.11. The van der Waals surface area contributed by atoms with Crippen molar-refractivity contribution >= 4 is 22.9 Å². The van der Waals surface area contributed by atoms with Crippen molar-refractivity contribution in [2.45, 2.75) is 26.8 Å². The molecule has 0 aliphatic carbocycles. The van der Waals surface area contributed by atoms with Gasteiger partial charge in [-0.1, -0.05) is 19.1 Å². The second kappa shape index (κ2) is 5.84. The Kier molecular flexibility index (Phi) is 4.16. The molecule has 1 heterocycles. The topological polar surface area (TPSA) is 68.0 Å². The molecule has 1 amide bonds. The molecule has 0 saturated heterocycles. The molecular formula is C14H17N3OS. The van der Waals surface area contributed by atoms with Crippen molar-refractivity contribution in [3.8, 4) is 0 Å². The molecule has 5 heteroatoms. The highest BCUT2D eigenvalue weighted by Gasteiger charge is 2.12. The van der Waals surface area contributed by atoms with E-state index in [1.54, 1.807) is 17.4 Å². The Morgan fingerprint density at radius 1 is 1.47 bits per heavy atom. The SMILES string of the molecule is CCc1cnc(CNC(=O)c2c(C)cccc2N)s1. The highest BCUT2D eigenvalue weighted by atomic mass is 32.1. The third-order valence-electron chi connectivity index (χ3n) is 2.88. The van der Waals surface area contributed by atoms with Gasteiger partial charge in [-0.25, -0.2) is 4.98 Å². The second-order valence-electron chi connectivity index (χ2n) is 4.30. The zero-order valence-corrected chi connectivity index (χ0v) is 11.9. The van der Waals surface area contributed by atoms with E-state index < -0.39 is 0 Å². The highest BCUT2D eigenvalue weighted by molar-refractivity contribution is 7.11. The van der Waals surface area contributed by atoms with E-state index in [-0.39, 0.29) is 5.91 Å². The molecule has 0 unspecified atom stereocenters. The van der Waals surface area contributed by atoms with Gasteiger partial charge in [0.05, 0.1) is 12.1 Å². The Labute approximate surface area is 116 Å². The molecule has 0 radical (unpaired) electrons. The summed E-state index contributed by atoms with van der Waals surface area (Å²) < 4.78 is 0. The Bertz CT molecular complexity index is 572. The maximum absolute atomic E-state index is 12.1. The summed E-state index contributed by atoms with van der Waals surface area (Å²) in [5.41, 5.74) is 7.78. The number of hydrogen-bond donors (Lipinski definition) is 2. The summed E-state index contributed by atoms with van der Waals surface area (Å²) in [6.07, 6.45) is 2.82. The van der Waals surface area contributed by atoms with E-state index in [2.05, 4.69) is 17.2 Å². The third-order valence-corrected chi connectivity index (χ3v) is 4.02. The van der Waals surface area contributed by atoms with Crippen LogP contribution in [0.5, 0.6) is 0 Å². The number of anilines is 1. The van der Waals surface area contributed by atoms with Crippen molar-refractivity contribution in [3.05, 3.63) is 45.4 Å². The molecule has 1 aromatic carbocycles. The molecule has 0 aliphatic heterocycles. The van der Waals surface area contributed by atoms with Crippen LogP contribution < -0.4 is 11.1 Å². The number of aromatic nitrogens is 1. The number of nitrogens with two attached hydrogens (primary N) is 1. The fourth-order valence-electron chi connectivity index (χ4n) is 1.84. The van der Waals surface area contributed by atoms with Gasteiger partial charge in [-0.05, 0) is 25.0 Å². The van der Waals surface area contributed by atoms with Crippen molar-refractivity contribution < 1.29 is 4.79 Å². The largest absolute Gasteiger partial charge is 0.398 e. The van der Waals surface area contributed by atoms with E-state index in [1.165, 1.54) is 4.88 Å². The average molecular weight is 275 g/mol. The normalized spacial score (nSPS) is 10.4. The van der Waals surface area contributed by atoms with Crippen LogP contribution in [0.15, 0.2) is 24.4 Å².